The maximum Gasteiger partial charge on any atom is 0.285 e. The van der Waals surface area contributed by atoms with E-state index in [1.54, 1.807) is 19.2 Å². The average molecular weight is 399 g/mol. The summed E-state index contributed by atoms with van der Waals surface area (Å²) >= 11 is 1.40. The number of rotatable bonds is 4. The van der Waals surface area contributed by atoms with Crippen molar-refractivity contribution < 1.29 is 13.2 Å². The van der Waals surface area contributed by atoms with Crippen LogP contribution in [-0.4, -0.2) is 20.1 Å². The maximum absolute atomic E-state index is 12.8. The van der Waals surface area contributed by atoms with Crippen LogP contribution in [0.5, 0.6) is 5.75 Å². The van der Waals surface area contributed by atoms with Crippen LogP contribution in [0, 0.1) is 0 Å². The highest BCUT2D eigenvalue weighted by Crippen LogP contribution is 2.28. The van der Waals surface area contributed by atoms with Crippen molar-refractivity contribution in [2.45, 2.75) is 18.4 Å². The molecule has 0 aliphatic carbocycles. The molecule has 0 radical (unpaired) electrons. The van der Waals surface area contributed by atoms with Crippen LogP contribution in [0.2, 0.25) is 0 Å². The minimum Gasteiger partial charge on any atom is -0.497 e. The summed E-state index contributed by atoms with van der Waals surface area (Å²) in [5, 5.41) is 2.23. The normalized spacial score (nSPS) is 12.7. The quantitative estimate of drug-likeness (QED) is 0.518. The number of hydrogen-bond acceptors (Lipinski definition) is 4. The third-order valence-corrected chi connectivity index (χ3v) is 6.97. The monoisotopic (exact) mass is 398 g/mol. The van der Waals surface area contributed by atoms with Gasteiger partial charge in [0.15, 0.2) is 0 Å². The van der Waals surface area contributed by atoms with Crippen molar-refractivity contribution in [1.82, 2.24) is 4.57 Å². The van der Waals surface area contributed by atoms with Crippen LogP contribution in [0.3, 0.4) is 0 Å². The van der Waals surface area contributed by atoms with Gasteiger partial charge in [-0.3, -0.25) is 0 Å². The number of aromatic nitrogens is 1. The van der Waals surface area contributed by atoms with Crippen molar-refractivity contribution in [3.05, 3.63) is 65.5 Å². The van der Waals surface area contributed by atoms with Crippen LogP contribution in [-0.2, 0) is 16.6 Å². The van der Waals surface area contributed by atoms with E-state index < -0.39 is 10.0 Å². The van der Waals surface area contributed by atoms with Gasteiger partial charge in [-0.2, -0.15) is 8.42 Å². The Bertz CT molecular complexity index is 1300. The fraction of sp³-hybridized carbons (Fsp3) is 0.150. The smallest absolute Gasteiger partial charge is 0.285 e. The van der Waals surface area contributed by atoms with E-state index in [-0.39, 0.29) is 4.90 Å². The summed E-state index contributed by atoms with van der Waals surface area (Å²) in [5.74, 6) is 0.603. The van der Waals surface area contributed by atoms with Crippen LogP contribution in [0.15, 0.2) is 70.0 Å². The molecule has 4 rings (SSSR count). The molecule has 0 N–H and O–H groups in total. The van der Waals surface area contributed by atoms with E-state index >= 15 is 0 Å². The van der Waals surface area contributed by atoms with Crippen LogP contribution in [0.25, 0.3) is 21.0 Å². The first-order valence-electron chi connectivity index (χ1n) is 8.49. The van der Waals surface area contributed by atoms with Gasteiger partial charge in [-0.1, -0.05) is 41.7 Å². The fourth-order valence-electron chi connectivity index (χ4n) is 3.08. The molecule has 0 spiro atoms. The molecule has 1 aromatic heterocycles. The van der Waals surface area contributed by atoms with E-state index in [0.717, 1.165) is 21.0 Å². The van der Waals surface area contributed by atoms with Crippen molar-refractivity contribution in [3.8, 4) is 5.75 Å². The second-order valence-electron chi connectivity index (χ2n) is 6.01. The van der Waals surface area contributed by atoms with Gasteiger partial charge in [0.25, 0.3) is 10.0 Å². The standard InChI is InChI=1S/C20H18N2O3S2/c1-3-22-18-13-8-14-6-4-5-7-17(14)19(18)26-20(22)21-27(23,24)16-11-9-15(25-2)10-12-16/h4-13H,3H2,1-2H3. The largest absolute Gasteiger partial charge is 0.497 e. The van der Waals surface area contributed by atoms with Crippen LogP contribution in [0.1, 0.15) is 6.92 Å². The summed E-state index contributed by atoms with van der Waals surface area (Å²) < 4.78 is 37.8. The molecule has 0 saturated heterocycles. The summed E-state index contributed by atoms with van der Waals surface area (Å²) in [7, 11) is -2.27. The Morgan fingerprint density at radius 2 is 1.78 bits per heavy atom. The third kappa shape index (κ3) is 3.13. The topological polar surface area (TPSA) is 60.7 Å². The number of ether oxygens (including phenoxy) is 1. The van der Waals surface area contributed by atoms with Crippen molar-refractivity contribution in [3.63, 3.8) is 0 Å². The summed E-state index contributed by atoms with van der Waals surface area (Å²) in [4.78, 5) is 0.618. The molecule has 5 nitrogen and oxygen atoms in total. The number of methoxy groups -OCH3 is 1. The van der Waals surface area contributed by atoms with E-state index in [2.05, 4.69) is 22.6 Å². The molecule has 4 aromatic rings. The number of benzene rings is 3. The van der Waals surface area contributed by atoms with Gasteiger partial charge in [0.1, 0.15) is 5.75 Å². The van der Waals surface area contributed by atoms with Crippen LogP contribution >= 0.6 is 11.3 Å². The molecular weight excluding hydrogens is 380 g/mol. The van der Waals surface area contributed by atoms with E-state index in [1.807, 2.05) is 29.7 Å². The van der Waals surface area contributed by atoms with Gasteiger partial charge in [0.05, 0.1) is 22.2 Å². The lowest BCUT2D eigenvalue weighted by molar-refractivity contribution is 0.414. The molecule has 0 amide bonds. The molecule has 0 saturated carbocycles. The lowest BCUT2D eigenvalue weighted by atomic mass is 10.1. The van der Waals surface area contributed by atoms with Gasteiger partial charge in [0.2, 0.25) is 4.80 Å². The molecule has 0 aliphatic rings. The highest BCUT2D eigenvalue weighted by molar-refractivity contribution is 7.90. The number of thiazole rings is 1. The lowest BCUT2D eigenvalue weighted by Crippen LogP contribution is -2.16. The molecule has 0 bridgehead atoms. The second kappa shape index (κ2) is 6.83. The number of nitrogens with zero attached hydrogens (tertiary/aromatic N) is 2. The van der Waals surface area contributed by atoms with Gasteiger partial charge < -0.3 is 9.30 Å². The SMILES string of the molecule is CCn1c(=NS(=O)(=O)c2ccc(OC)cc2)sc2c3ccccc3ccc21. The minimum absolute atomic E-state index is 0.147. The van der Waals surface area contributed by atoms with Gasteiger partial charge in [-0.05, 0) is 42.6 Å². The number of aryl methyl sites for hydroxylation is 1. The Balaban J connectivity index is 1.95. The molecular formula is C20H18N2O3S2. The zero-order chi connectivity index (χ0) is 19.0. The van der Waals surface area contributed by atoms with Gasteiger partial charge in [-0.25, -0.2) is 0 Å². The molecule has 7 heteroatoms. The van der Waals surface area contributed by atoms with Gasteiger partial charge in [-0.15, -0.1) is 4.40 Å². The first-order chi connectivity index (χ1) is 13.0. The Kier molecular flexibility index (Phi) is 4.49. The zero-order valence-electron chi connectivity index (χ0n) is 14.9. The molecule has 0 aliphatic heterocycles. The number of hydrogen-bond donors (Lipinski definition) is 0. The fourth-order valence-corrected chi connectivity index (χ4v) is 5.51. The highest BCUT2D eigenvalue weighted by atomic mass is 32.2. The molecule has 0 unspecified atom stereocenters. The van der Waals surface area contributed by atoms with Crippen molar-refractivity contribution in [2.24, 2.45) is 4.40 Å². The molecule has 0 atom stereocenters. The number of sulfonamides is 1. The minimum atomic E-state index is -3.81. The Morgan fingerprint density at radius 1 is 1.04 bits per heavy atom. The lowest BCUT2D eigenvalue weighted by Gasteiger charge is -2.03. The summed E-state index contributed by atoms with van der Waals surface area (Å²) in [6.45, 7) is 2.62. The third-order valence-electron chi connectivity index (χ3n) is 4.45. The highest BCUT2D eigenvalue weighted by Gasteiger charge is 2.15. The Labute approximate surface area is 161 Å². The van der Waals surface area contributed by atoms with Gasteiger partial charge in [0, 0.05) is 11.9 Å². The first kappa shape index (κ1) is 17.8. The Hall–Kier alpha value is -2.64. The van der Waals surface area contributed by atoms with E-state index in [4.69, 9.17) is 4.74 Å². The predicted octanol–water partition coefficient (Wildman–Crippen LogP) is 4.17. The van der Waals surface area contributed by atoms with Crippen molar-refractivity contribution in [2.75, 3.05) is 7.11 Å². The van der Waals surface area contributed by atoms with E-state index in [1.165, 1.54) is 23.5 Å². The van der Waals surface area contributed by atoms with Gasteiger partial charge >= 0.3 is 0 Å². The molecule has 27 heavy (non-hydrogen) atoms. The molecule has 1 heterocycles. The average Bonchev–Trinajstić information content (AvgIpc) is 3.04. The first-order valence-corrected chi connectivity index (χ1v) is 10.8. The van der Waals surface area contributed by atoms with E-state index in [0.29, 0.717) is 17.1 Å². The Morgan fingerprint density at radius 3 is 2.48 bits per heavy atom. The predicted molar refractivity (Wildman–Crippen MR) is 109 cm³/mol. The summed E-state index contributed by atoms with van der Waals surface area (Å²) in [6, 6.07) is 18.4. The molecule has 138 valence electrons. The summed E-state index contributed by atoms with van der Waals surface area (Å²) in [6.07, 6.45) is 0. The van der Waals surface area contributed by atoms with Crippen molar-refractivity contribution >= 4 is 42.3 Å². The van der Waals surface area contributed by atoms with E-state index in [9.17, 15) is 8.42 Å². The summed E-state index contributed by atoms with van der Waals surface area (Å²) in [5.41, 5.74) is 0.991. The zero-order valence-corrected chi connectivity index (χ0v) is 16.5. The van der Waals surface area contributed by atoms with Crippen LogP contribution in [0.4, 0.5) is 0 Å². The van der Waals surface area contributed by atoms with Crippen molar-refractivity contribution in [1.29, 1.82) is 0 Å². The maximum atomic E-state index is 12.8. The molecule has 0 fully saturated rings. The molecule has 3 aromatic carbocycles. The van der Waals surface area contributed by atoms with Crippen LogP contribution < -0.4 is 9.54 Å². The second-order valence-corrected chi connectivity index (χ2v) is 8.59. The number of fused-ring (bicyclic) bond motifs is 3.